The predicted octanol–water partition coefficient (Wildman–Crippen LogP) is 2.92. The van der Waals surface area contributed by atoms with Crippen LogP contribution in [0.3, 0.4) is 0 Å². The van der Waals surface area contributed by atoms with Crippen molar-refractivity contribution in [2.75, 3.05) is 17.7 Å². The number of rotatable bonds is 5. The molecule has 0 N–H and O–H groups in total. The highest BCUT2D eigenvalue weighted by Gasteiger charge is 2.24. The van der Waals surface area contributed by atoms with E-state index in [2.05, 4.69) is 20.5 Å². The third-order valence-electron chi connectivity index (χ3n) is 1.18. The highest BCUT2D eigenvalue weighted by atomic mass is 79.9. The summed E-state index contributed by atoms with van der Waals surface area (Å²) in [6.07, 6.45) is 0.316. The van der Waals surface area contributed by atoms with E-state index in [4.69, 9.17) is 0 Å². The Morgan fingerprint density at radius 1 is 1.64 bits per heavy atom. The molecule has 0 aromatic carbocycles. The van der Waals surface area contributed by atoms with Crippen LogP contribution in [0.5, 0.6) is 0 Å². The molecule has 0 spiro atoms. The van der Waals surface area contributed by atoms with Gasteiger partial charge in [-0.15, -0.1) is 0 Å². The fraction of sp³-hybridized carbons (Fsp3) is 1.00. The van der Waals surface area contributed by atoms with Crippen LogP contribution >= 0.6 is 23.3 Å². The first kappa shape index (κ1) is 11.5. The lowest BCUT2D eigenvalue weighted by Crippen LogP contribution is -2.03. The van der Waals surface area contributed by atoms with Gasteiger partial charge in [0.15, 0.2) is 0 Å². The maximum absolute atomic E-state index is 11.6. The minimum absolute atomic E-state index is 0.156. The van der Waals surface area contributed by atoms with E-state index < -0.39 is 14.0 Å². The average Bonchev–Trinajstić information content (AvgIpc) is 1.87. The lowest BCUT2D eigenvalue weighted by Gasteiger charge is -2.14. The van der Waals surface area contributed by atoms with E-state index in [1.807, 2.05) is 0 Å². The number of alkyl halides is 3. The molecular weight excluding hydrogens is 241 g/mol. The van der Waals surface area contributed by atoms with Crippen LogP contribution in [0.15, 0.2) is 0 Å². The van der Waals surface area contributed by atoms with Crippen molar-refractivity contribution < 1.29 is 17.9 Å². The Labute approximate surface area is 72.9 Å². The quantitative estimate of drug-likeness (QED) is 0.554. The van der Waals surface area contributed by atoms with Crippen molar-refractivity contribution in [3.8, 4) is 0 Å². The fourth-order valence-electron chi connectivity index (χ4n) is 0.559. The van der Waals surface area contributed by atoms with E-state index in [-0.39, 0.29) is 12.3 Å². The lowest BCUT2D eigenvalue weighted by atomic mass is 11.0. The van der Waals surface area contributed by atoms with E-state index in [0.29, 0.717) is 5.33 Å². The van der Waals surface area contributed by atoms with Crippen LogP contribution in [-0.4, -0.2) is 24.3 Å². The SMILES string of the molecule is CCP(=O)(CCBr)OC(F)F. The first-order valence-corrected chi connectivity index (χ1v) is 6.26. The van der Waals surface area contributed by atoms with Crippen LogP contribution in [0.2, 0.25) is 0 Å². The van der Waals surface area contributed by atoms with Gasteiger partial charge in [0.1, 0.15) is 0 Å². The van der Waals surface area contributed by atoms with Gasteiger partial charge in [-0.3, -0.25) is 9.09 Å². The van der Waals surface area contributed by atoms with Crippen molar-refractivity contribution >= 4 is 23.3 Å². The molecule has 0 bridgehead atoms. The Kier molecular flexibility index (Phi) is 5.48. The van der Waals surface area contributed by atoms with Gasteiger partial charge in [0.2, 0.25) is 7.37 Å². The van der Waals surface area contributed by atoms with E-state index >= 15 is 0 Å². The zero-order valence-corrected chi connectivity index (χ0v) is 8.58. The first-order chi connectivity index (χ1) is 5.04. The molecule has 0 aliphatic heterocycles. The van der Waals surface area contributed by atoms with Crippen LogP contribution in [0.1, 0.15) is 6.92 Å². The zero-order chi connectivity index (χ0) is 8.91. The molecular formula is C5H10BrF2O2P. The molecule has 0 saturated carbocycles. The molecule has 0 fully saturated rings. The summed E-state index contributed by atoms with van der Waals surface area (Å²) in [6.45, 7) is -1.36. The molecule has 0 saturated heterocycles. The van der Waals surface area contributed by atoms with Gasteiger partial charge < -0.3 is 0 Å². The van der Waals surface area contributed by atoms with Gasteiger partial charge in [-0.1, -0.05) is 22.9 Å². The normalized spacial score (nSPS) is 16.8. The molecule has 0 aliphatic carbocycles. The largest absolute Gasteiger partial charge is 0.350 e. The molecule has 0 aliphatic rings. The third kappa shape index (κ3) is 4.88. The summed E-state index contributed by atoms with van der Waals surface area (Å²) in [5.74, 6) is 0. The van der Waals surface area contributed by atoms with Gasteiger partial charge in [0.05, 0.1) is 0 Å². The van der Waals surface area contributed by atoms with Crippen molar-refractivity contribution in [1.82, 2.24) is 0 Å². The molecule has 0 radical (unpaired) electrons. The van der Waals surface area contributed by atoms with Gasteiger partial charge >= 0.3 is 6.61 Å². The molecule has 0 amide bonds. The highest BCUT2D eigenvalue weighted by molar-refractivity contribution is 9.09. The molecule has 2 nitrogen and oxygen atoms in total. The van der Waals surface area contributed by atoms with Gasteiger partial charge in [-0.25, -0.2) is 0 Å². The molecule has 68 valence electrons. The Balaban J connectivity index is 4.00. The van der Waals surface area contributed by atoms with Crippen LogP contribution in [-0.2, 0) is 9.09 Å². The van der Waals surface area contributed by atoms with E-state index in [1.54, 1.807) is 6.92 Å². The summed E-state index contributed by atoms with van der Waals surface area (Å²) in [5.41, 5.74) is 0. The van der Waals surface area contributed by atoms with Crippen LogP contribution in [0, 0.1) is 0 Å². The second-order valence-electron chi connectivity index (χ2n) is 1.91. The monoisotopic (exact) mass is 250 g/mol. The second-order valence-corrected chi connectivity index (χ2v) is 5.62. The zero-order valence-electron chi connectivity index (χ0n) is 6.10. The van der Waals surface area contributed by atoms with Gasteiger partial charge in [0, 0.05) is 17.7 Å². The Hall–Kier alpha value is 0.530. The second kappa shape index (κ2) is 5.22. The minimum Gasteiger partial charge on any atom is -0.293 e. The van der Waals surface area contributed by atoms with Crippen LogP contribution in [0.25, 0.3) is 0 Å². The molecule has 0 aromatic heterocycles. The average molecular weight is 251 g/mol. The van der Waals surface area contributed by atoms with E-state index in [9.17, 15) is 13.3 Å². The van der Waals surface area contributed by atoms with Crippen LogP contribution in [0.4, 0.5) is 8.78 Å². The van der Waals surface area contributed by atoms with Gasteiger partial charge in [-0.2, -0.15) is 8.78 Å². The molecule has 11 heavy (non-hydrogen) atoms. The van der Waals surface area contributed by atoms with Gasteiger partial charge in [-0.05, 0) is 0 Å². The van der Waals surface area contributed by atoms with E-state index in [0.717, 1.165) is 0 Å². The number of halogens is 3. The Morgan fingerprint density at radius 3 is 2.45 bits per heavy atom. The smallest absolute Gasteiger partial charge is 0.293 e. The summed E-state index contributed by atoms with van der Waals surface area (Å²) < 4.78 is 38.5. The summed E-state index contributed by atoms with van der Waals surface area (Å²) in [4.78, 5) is 0. The minimum atomic E-state index is -3.05. The molecule has 1 unspecified atom stereocenters. The maximum atomic E-state index is 11.6. The van der Waals surface area contributed by atoms with E-state index in [1.165, 1.54) is 0 Å². The number of hydrogen-bond donors (Lipinski definition) is 0. The van der Waals surface area contributed by atoms with Crippen molar-refractivity contribution in [3.05, 3.63) is 0 Å². The molecule has 0 heterocycles. The molecule has 0 aromatic rings. The Morgan fingerprint density at radius 2 is 2.18 bits per heavy atom. The number of hydrogen-bond acceptors (Lipinski definition) is 2. The molecule has 1 atom stereocenters. The highest BCUT2D eigenvalue weighted by Crippen LogP contribution is 2.47. The molecule has 0 rings (SSSR count). The standard InChI is InChI=1S/C5H10BrF2O2P/c1-2-11(9,4-3-6)10-5(7)8/h5H,2-4H2,1H3. The topological polar surface area (TPSA) is 26.3 Å². The molecule has 6 heteroatoms. The van der Waals surface area contributed by atoms with Crippen LogP contribution < -0.4 is 0 Å². The summed E-state index contributed by atoms with van der Waals surface area (Å²) in [5, 5.41) is 0.421. The van der Waals surface area contributed by atoms with Crippen molar-refractivity contribution in [2.24, 2.45) is 0 Å². The predicted molar refractivity (Wildman–Crippen MR) is 43.9 cm³/mol. The maximum Gasteiger partial charge on any atom is 0.350 e. The summed E-state index contributed by atoms with van der Waals surface area (Å²) in [6, 6.07) is 0. The fourth-order valence-corrected chi connectivity index (χ4v) is 3.30. The van der Waals surface area contributed by atoms with Crippen molar-refractivity contribution in [2.45, 2.75) is 13.5 Å². The first-order valence-electron chi connectivity index (χ1n) is 3.14. The van der Waals surface area contributed by atoms with Crippen molar-refractivity contribution in [3.63, 3.8) is 0 Å². The van der Waals surface area contributed by atoms with Crippen molar-refractivity contribution in [1.29, 1.82) is 0 Å². The Bertz CT molecular complexity index is 153. The lowest BCUT2D eigenvalue weighted by molar-refractivity contribution is -0.0474. The summed E-state index contributed by atoms with van der Waals surface area (Å²) in [7, 11) is -3.05. The van der Waals surface area contributed by atoms with Gasteiger partial charge in [0.25, 0.3) is 0 Å². The summed E-state index contributed by atoms with van der Waals surface area (Å²) >= 11 is 3.02. The third-order valence-corrected chi connectivity index (χ3v) is 4.60.